The molecular weight excluding hydrogens is 285 g/mol. The summed E-state index contributed by atoms with van der Waals surface area (Å²) < 4.78 is 37.5. The van der Waals surface area contributed by atoms with Crippen LogP contribution < -0.4 is 4.90 Å². The number of hydrogen-bond donors (Lipinski definition) is 1. The first-order valence-corrected chi connectivity index (χ1v) is 6.24. The number of hydrogen-bond acceptors (Lipinski definition) is 4. The second kappa shape index (κ2) is 4.80. The zero-order chi connectivity index (χ0) is 14.2. The van der Waals surface area contributed by atoms with Crippen molar-refractivity contribution in [1.82, 2.24) is 4.98 Å². The zero-order valence-corrected chi connectivity index (χ0v) is 10.3. The lowest BCUT2D eigenvalue weighted by Crippen LogP contribution is -2.41. The summed E-state index contributed by atoms with van der Waals surface area (Å²) in [5, 5.41) is 8.51. The Bertz CT molecular complexity index is 527. The lowest BCUT2D eigenvalue weighted by atomic mass is 10.2. The number of carbonyl (C=O) groups is 2. The number of aryl methyl sites for hydroxylation is 1. The van der Waals surface area contributed by atoms with Crippen molar-refractivity contribution in [2.45, 2.75) is 25.4 Å². The van der Waals surface area contributed by atoms with Gasteiger partial charge in [0.05, 0.1) is 5.69 Å². The average molecular weight is 294 g/mol. The number of amides is 1. The van der Waals surface area contributed by atoms with Gasteiger partial charge in [-0.25, -0.2) is 9.78 Å². The number of anilines is 1. The van der Waals surface area contributed by atoms with Gasteiger partial charge in [0.15, 0.2) is 0 Å². The molecule has 2 rings (SSSR count). The fourth-order valence-electron chi connectivity index (χ4n) is 1.82. The molecule has 0 aromatic carbocycles. The Balaban J connectivity index is 2.42. The Labute approximate surface area is 109 Å². The van der Waals surface area contributed by atoms with Crippen LogP contribution in [0, 0.1) is 0 Å². The van der Waals surface area contributed by atoms with E-state index in [1.165, 1.54) is 0 Å². The molecule has 1 aliphatic heterocycles. The highest BCUT2D eigenvalue weighted by atomic mass is 32.1. The van der Waals surface area contributed by atoms with E-state index in [0.717, 1.165) is 0 Å². The van der Waals surface area contributed by atoms with E-state index in [0.29, 0.717) is 35.5 Å². The van der Waals surface area contributed by atoms with Gasteiger partial charge < -0.3 is 5.11 Å². The molecule has 5 nitrogen and oxygen atoms in total. The Morgan fingerprint density at radius 3 is 2.58 bits per heavy atom. The Morgan fingerprint density at radius 1 is 1.32 bits per heavy atom. The first-order chi connectivity index (χ1) is 8.80. The Kier molecular flexibility index (Phi) is 3.48. The molecule has 104 valence electrons. The molecule has 2 heterocycles. The number of alkyl halides is 3. The number of aromatic carboxylic acids is 1. The van der Waals surface area contributed by atoms with Gasteiger partial charge in [0.25, 0.3) is 0 Å². The molecule has 0 radical (unpaired) electrons. The van der Waals surface area contributed by atoms with Crippen LogP contribution in [-0.4, -0.2) is 34.7 Å². The Hall–Kier alpha value is -1.64. The van der Waals surface area contributed by atoms with E-state index in [1.807, 2.05) is 0 Å². The second-order valence-electron chi connectivity index (χ2n) is 3.99. The highest BCUT2D eigenvalue weighted by Gasteiger charge is 2.44. The minimum absolute atomic E-state index is 0.00257. The van der Waals surface area contributed by atoms with E-state index in [1.54, 1.807) is 0 Å². The summed E-state index contributed by atoms with van der Waals surface area (Å²) in [5.41, 5.74) is 0.248. The van der Waals surface area contributed by atoms with Gasteiger partial charge in [-0.3, -0.25) is 9.69 Å². The zero-order valence-electron chi connectivity index (χ0n) is 9.53. The number of fused-ring (bicyclic) bond motifs is 1. The van der Waals surface area contributed by atoms with Crippen molar-refractivity contribution in [1.29, 1.82) is 0 Å². The van der Waals surface area contributed by atoms with E-state index in [4.69, 9.17) is 5.11 Å². The molecule has 1 aliphatic rings. The van der Waals surface area contributed by atoms with Crippen molar-refractivity contribution in [3.63, 3.8) is 0 Å². The lowest BCUT2D eigenvalue weighted by molar-refractivity contribution is -0.170. The van der Waals surface area contributed by atoms with Crippen LogP contribution in [0.3, 0.4) is 0 Å². The average Bonchev–Trinajstić information content (AvgIpc) is 2.63. The van der Waals surface area contributed by atoms with Crippen LogP contribution in [0.2, 0.25) is 0 Å². The SMILES string of the molecule is O=C(O)c1nc2c(s1)N(C(=O)C(F)(F)F)CCCC2. The third kappa shape index (κ3) is 2.70. The summed E-state index contributed by atoms with van der Waals surface area (Å²) >= 11 is 0.604. The summed E-state index contributed by atoms with van der Waals surface area (Å²) in [5.74, 6) is -3.28. The van der Waals surface area contributed by atoms with Crippen LogP contribution in [0.25, 0.3) is 0 Å². The van der Waals surface area contributed by atoms with Crippen molar-refractivity contribution in [3.8, 4) is 0 Å². The fraction of sp³-hybridized carbons (Fsp3) is 0.500. The van der Waals surface area contributed by atoms with E-state index in [2.05, 4.69) is 4.98 Å². The highest BCUT2D eigenvalue weighted by molar-refractivity contribution is 7.17. The number of halogens is 3. The van der Waals surface area contributed by atoms with Crippen molar-refractivity contribution < 1.29 is 27.9 Å². The predicted octanol–water partition coefficient (Wildman–Crippen LogP) is 2.07. The molecule has 0 spiro atoms. The first kappa shape index (κ1) is 13.8. The number of rotatable bonds is 1. The van der Waals surface area contributed by atoms with Gasteiger partial charge in [0, 0.05) is 6.54 Å². The van der Waals surface area contributed by atoms with Crippen LogP contribution in [0.4, 0.5) is 18.2 Å². The molecule has 1 aromatic heterocycles. The minimum atomic E-state index is -4.98. The van der Waals surface area contributed by atoms with Gasteiger partial charge >= 0.3 is 18.1 Å². The van der Waals surface area contributed by atoms with E-state index >= 15 is 0 Å². The van der Waals surface area contributed by atoms with Gasteiger partial charge in [0.2, 0.25) is 5.01 Å². The summed E-state index contributed by atoms with van der Waals surface area (Å²) in [6.45, 7) is -0.0768. The highest BCUT2D eigenvalue weighted by Crippen LogP contribution is 2.35. The molecule has 1 aromatic rings. The molecule has 0 aliphatic carbocycles. The van der Waals surface area contributed by atoms with Crippen LogP contribution in [0.15, 0.2) is 0 Å². The summed E-state index contributed by atoms with van der Waals surface area (Å²) in [6.07, 6.45) is -3.61. The maximum Gasteiger partial charge on any atom is 0.471 e. The first-order valence-electron chi connectivity index (χ1n) is 5.42. The molecule has 9 heteroatoms. The maximum absolute atomic E-state index is 12.5. The number of carboxylic acid groups (broad SMARTS) is 1. The summed E-state index contributed by atoms with van der Waals surface area (Å²) in [7, 11) is 0. The van der Waals surface area contributed by atoms with Crippen molar-refractivity contribution in [2.24, 2.45) is 0 Å². The van der Waals surface area contributed by atoms with Gasteiger partial charge in [-0.05, 0) is 19.3 Å². The van der Waals surface area contributed by atoms with Gasteiger partial charge in [0.1, 0.15) is 5.00 Å². The van der Waals surface area contributed by atoms with Crippen molar-refractivity contribution in [3.05, 3.63) is 10.7 Å². The van der Waals surface area contributed by atoms with Crippen LogP contribution in [0.5, 0.6) is 0 Å². The van der Waals surface area contributed by atoms with Gasteiger partial charge in [-0.2, -0.15) is 13.2 Å². The molecule has 19 heavy (non-hydrogen) atoms. The van der Waals surface area contributed by atoms with E-state index < -0.39 is 18.1 Å². The molecule has 0 saturated heterocycles. The second-order valence-corrected chi connectivity index (χ2v) is 4.97. The number of nitrogens with zero attached hydrogens (tertiary/aromatic N) is 2. The van der Waals surface area contributed by atoms with Crippen molar-refractivity contribution in [2.75, 3.05) is 11.4 Å². The monoisotopic (exact) mass is 294 g/mol. The van der Waals surface area contributed by atoms with E-state index in [9.17, 15) is 22.8 Å². The standard InChI is InChI=1S/C10H9F3N2O3S/c11-10(12,13)9(18)15-4-2-1-3-5-7(15)19-6(14-5)8(16)17/h1-4H2,(H,16,17). The molecular formula is C10H9F3N2O3S. The van der Waals surface area contributed by atoms with Crippen LogP contribution in [-0.2, 0) is 11.2 Å². The molecule has 1 N–H and O–H groups in total. The topological polar surface area (TPSA) is 70.5 Å². The van der Waals surface area contributed by atoms with Crippen LogP contribution >= 0.6 is 11.3 Å². The lowest BCUT2D eigenvalue weighted by Gasteiger charge is -2.20. The van der Waals surface area contributed by atoms with Crippen molar-refractivity contribution >= 4 is 28.2 Å². The number of carboxylic acids is 1. The number of carbonyl (C=O) groups excluding carboxylic acids is 1. The largest absolute Gasteiger partial charge is 0.476 e. The normalized spacial score (nSPS) is 15.8. The number of thiazole rings is 1. The number of aromatic nitrogens is 1. The quantitative estimate of drug-likeness (QED) is 0.860. The molecule has 0 bridgehead atoms. The van der Waals surface area contributed by atoms with Gasteiger partial charge in [-0.15, -0.1) is 0 Å². The molecule has 1 amide bonds. The third-order valence-corrected chi connectivity index (χ3v) is 3.75. The maximum atomic E-state index is 12.5. The smallest absolute Gasteiger partial charge is 0.471 e. The van der Waals surface area contributed by atoms with E-state index in [-0.39, 0.29) is 22.2 Å². The molecule has 0 fully saturated rings. The minimum Gasteiger partial charge on any atom is -0.476 e. The predicted molar refractivity (Wildman–Crippen MR) is 60.4 cm³/mol. The molecule has 0 atom stereocenters. The fourth-order valence-corrected chi connectivity index (χ4v) is 2.80. The molecule has 0 unspecified atom stereocenters. The molecule has 0 saturated carbocycles. The summed E-state index contributed by atoms with van der Waals surface area (Å²) in [6, 6.07) is 0. The Morgan fingerprint density at radius 2 is 2.00 bits per heavy atom. The van der Waals surface area contributed by atoms with Crippen LogP contribution in [0.1, 0.15) is 28.3 Å². The summed E-state index contributed by atoms with van der Waals surface area (Å²) in [4.78, 5) is 26.5. The van der Waals surface area contributed by atoms with Gasteiger partial charge in [-0.1, -0.05) is 11.3 Å². The third-order valence-electron chi connectivity index (χ3n) is 2.64.